The summed E-state index contributed by atoms with van der Waals surface area (Å²) in [6, 6.07) is 1.48. The van der Waals surface area contributed by atoms with Crippen LogP contribution < -0.4 is 25.4 Å². The SMILES string of the molecule is CC=CC(=O)Nc1cc(N)nc(Sc2c(OC)nc(N3CCN(C)CC3)nc2OC)n1. The molecule has 0 radical (unpaired) electrons. The molecule has 1 fully saturated rings. The molecular formula is C19H26N8O3S. The number of nitrogen functional groups attached to an aromatic ring is 1. The fraction of sp³-hybridized carbons (Fsp3) is 0.421. The standard InChI is InChI=1S/C19H26N8O3S/c1-5-6-14(28)22-13-11-12(20)21-19(23-13)31-15-16(29-3)24-18(25-17(15)30-4)27-9-7-26(2)8-10-27/h5-6,11H,7-10H2,1-4H3,(H3,20,21,22,23,28). The number of nitrogens with one attached hydrogen (secondary N) is 1. The minimum absolute atomic E-state index is 0.209. The molecule has 2 aromatic rings. The van der Waals surface area contributed by atoms with Gasteiger partial charge in [-0.2, -0.15) is 9.97 Å². The molecule has 166 valence electrons. The quantitative estimate of drug-likeness (QED) is 0.471. The first-order valence-electron chi connectivity index (χ1n) is 9.63. The molecule has 0 unspecified atom stereocenters. The fourth-order valence-electron chi connectivity index (χ4n) is 2.87. The Morgan fingerprint density at radius 2 is 1.77 bits per heavy atom. The highest BCUT2D eigenvalue weighted by atomic mass is 32.2. The molecule has 0 atom stereocenters. The number of ether oxygens (including phenoxy) is 2. The summed E-state index contributed by atoms with van der Waals surface area (Å²) in [4.78, 5) is 34.4. The van der Waals surface area contributed by atoms with Crippen LogP contribution in [0.25, 0.3) is 0 Å². The minimum Gasteiger partial charge on any atom is -0.480 e. The zero-order valence-electron chi connectivity index (χ0n) is 18.0. The highest BCUT2D eigenvalue weighted by Gasteiger charge is 2.23. The number of anilines is 3. The van der Waals surface area contributed by atoms with Gasteiger partial charge in [0.15, 0.2) is 5.16 Å². The van der Waals surface area contributed by atoms with Gasteiger partial charge in [0, 0.05) is 32.2 Å². The van der Waals surface area contributed by atoms with Gasteiger partial charge in [-0.05, 0) is 31.8 Å². The number of carbonyl (C=O) groups excluding carboxylic acids is 1. The fourth-order valence-corrected chi connectivity index (χ4v) is 3.79. The Labute approximate surface area is 185 Å². The second-order valence-electron chi connectivity index (χ2n) is 6.71. The van der Waals surface area contributed by atoms with Gasteiger partial charge in [-0.15, -0.1) is 0 Å². The van der Waals surface area contributed by atoms with Crippen LogP contribution in [0.3, 0.4) is 0 Å². The van der Waals surface area contributed by atoms with Crippen LogP contribution in [0.2, 0.25) is 0 Å². The predicted octanol–water partition coefficient (Wildman–Crippen LogP) is 1.28. The lowest BCUT2D eigenvalue weighted by atomic mass is 10.3. The van der Waals surface area contributed by atoms with Gasteiger partial charge >= 0.3 is 0 Å². The summed E-state index contributed by atoms with van der Waals surface area (Å²) in [5.74, 6) is 1.41. The maximum atomic E-state index is 11.8. The topological polar surface area (TPSA) is 132 Å². The van der Waals surface area contributed by atoms with Crippen molar-refractivity contribution in [2.45, 2.75) is 17.0 Å². The molecule has 1 saturated heterocycles. The number of amides is 1. The predicted molar refractivity (Wildman–Crippen MR) is 119 cm³/mol. The van der Waals surface area contributed by atoms with Crippen molar-refractivity contribution in [2.24, 2.45) is 0 Å². The van der Waals surface area contributed by atoms with E-state index in [9.17, 15) is 4.79 Å². The van der Waals surface area contributed by atoms with E-state index in [1.165, 1.54) is 26.4 Å². The van der Waals surface area contributed by atoms with E-state index in [1.54, 1.807) is 13.0 Å². The summed E-state index contributed by atoms with van der Waals surface area (Å²) in [6.07, 6.45) is 3.02. The molecule has 12 heteroatoms. The van der Waals surface area contributed by atoms with Crippen molar-refractivity contribution in [2.75, 3.05) is 63.4 Å². The molecule has 0 bridgehead atoms. The van der Waals surface area contributed by atoms with Crippen LogP contribution in [-0.4, -0.2) is 78.2 Å². The van der Waals surface area contributed by atoms with Crippen LogP contribution in [0.4, 0.5) is 17.6 Å². The second kappa shape index (κ2) is 10.3. The lowest BCUT2D eigenvalue weighted by molar-refractivity contribution is -0.111. The zero-order chi connectivity index (χ0) is 22.4. The summed E-state index contributed by atoms with van der Waals surface area (Å²) in [6.45, 7) is 5.21. The van der Waals surface area contributed by atoms with E-state index < -0.39 is 0 Å². The van der Waals surface area contributed by atoms with Crippen LogP contribution in [0.5, 0.6) is 11.8 Å². The Balaban J connectivity index is 1.90. The maximum absolute atomic E-state index is 11.8. The first kappa shape index (κ1) is 22.6. The van der Waals surface area contributed by atoms with Gasteiger partial charge in [0.2, 0.25) is 23.6 Å². The smallest absolute Gasteiger partial charge is 0.249 e. The number of rotatable bonds is 7. The van der Waals surface area contributed by atoms with E-state index in [2.05, 4.69) is 42.1 Å². The van der Waals surface area contributed by atoms with Gasteiger partial charge in [-0.25, -0.2) is 9.97 Å². The van der Waals surface area contributed by atoms with E-state index in [-0.39, 0.29) is 17.5 Å². The number of allylic oxidation sites excluding steroid dienone is 1. The number of methoxy groups -OCH3 is 2. The van der Waals surface area contributed by atoms with Gasteiger partial charge < -0.3 is 30.3 Å². The highest BCUT2D eigenvalue weighted by molar-refractivity contribution is 7.99. The van der Waals surface area contributed by atoms with Crippen molar-refractivity contribution in [3.8, 4) is 11.8 Å². The van der Waals surface area contributed by atoms with Gasteiger partial charge in [0.25, 0.3) is 0 Å². The summed E-state index contributed by atoms with van der Waals surface area (Å²) in [5, 5.41) is 2.94. The lowest BCUT2D eigenvalue weighted by Crippen LogP contribution is -2.45. The van der Waals surface area contributed by atoms with E-state index in [0.717, 1.165) is 37.9 Å². The molecule has 0 aliphatic carbocycles. The van der Waals surface area contributed by atoms with Gasteiger partial charge in [-0.1, -0.05) is 6.08 Å². The molecule has 2 aromatic heterocycles. The number of aromatic nitrogens is 4. The zero-order valence-corrected chi connectivity index (χ0v) is 18.8. The maximum Gasteiger partial charge on any atom is 0.249 e. The lowest BCUT2D eigenvalue weighted by Gasteiger charge is -2.32. The summed E-state index contributed by atoms with van der Waals surface area (Å²) in [5.41, 5.74) is 5.90. The molecule has 0 spiro atoms. The van der Waals surface area contributed by atoms with Gasteiger partial charge in [0.05, 0.1) is 14.2 Å². The molecule has 1 aliphatic heterocycles. The molecule has 1 amide bonds. The second-order valence-corrected chi connectivity index (χ2v) is 7.69. The molecule has 11 nitrogen and oxygen atoms in total. The van der Waals surface area contributed by atoms with Gasteiger partial charge in [-0.3, -0.25) is 4.79 Å². The molecule has 0 saturated carbocycles. The van der Waals surface area contributed by atoms with Crippen LogP contribution >= 0.6 is 11.8 Å². The molecule has 3 N–H and O–H groups in total. The number of piperazine rings is 1. The number of hydrogen-bond acceptors (Lipinski definition) is 11. The van der Waals surface area contributed by atoms with E-state index in [4.69, 9.17) is 15.2 Å². The van der Waals surface area contributed by atoms with Crippen molar-refractivity contribution < 1.29 is 14.3 Å². The number of likely N-dealkylation sites (N-methyl/N-ethyl adjacent to an activating group) is 1. The third-order valence-electron chi connectivity index (χ3n) is 4.45. The Morgan fingerprint density at radius 1 is 1.13 bits per heavy atom. The normalized spacial score (nSPS) is 14.6. The molecular weight excluding hydrogens is 420 g/mol. The number of nitrogens with zero attached hydrogens (tertiary/aromatic N) is 6. The van der Waals surface area contributed by atoms with E-state index in [1.807, 2.05) is 0 Å². The van der Waals surface area contributed by atoms with Crippen molar-refractivity contribution >= 4 is 35.3 Å². The average Bonchev–Trinajstić information content (AvgIpc) is 2.74. The Morgan fingerprint density at radius 3 is 2.35 bits per heavy atom. The van der Waals surface area contributed by atoms with Crippen LogP contribution in [-0.2, 0) is 4.79 Å². The summed E-state index contributed by atoms with van der Waals surface area (Å²) in [7, 11) is 5.14. The largest absolute Gasteiger partial charge is 0.480 e. The van der Waals surface area contributed by atoms with Crippen LogP contribution in [0.1, 0.15) is 6.92 Å². The monoisotopic (exact) mass is 446 g/mol. The molecule has 0 aromatic carbocycles. The Kier molecular flexibility index (Phi) is 7.47. The number of hydrogen-bond donors (Lipinski definition) is 2. The Hall–Kier alpha value is -3.12. The van der Waals surface area contributed by atoms with E-state index in [0.29, 0.717) is 27.8 Å². The first-order chi connectivity index (χ1) is 14.9. The molecule has 3 heterocycles. The minimum atomic E-state index is -0.313. The molecule has 31 heavy (non-hydrogen) atoms. The molecule has 1 aliphatic rings. The average molecular weight is 447 g/mol. The summed E-state index contributed by atoms with van der Waals surface area (Å²) >= 11 is 1.14. The number of carbonyl (C=O) groups is 1. The summed E-state index contributed by atoms with van der Waals surface area (Å²) < 4.78 is 11.0. The van der Waals surface area contributed by atoms with Crippen molar-refractivity contribution in [1.82, 2.24) is 24.8 Å². The molecule has 3 rings (SSSR count). The van der Waals surface area contributed by atoms with Crippen LogP contribution in [0.15, 0.2) is 28.3 Å². The first-order valence-corrected chi connectivity index (χ1v) is 10.4. The number of nitrogens with two attached hydrogens (primary N) is 1. The Bertz CT molecular complexity index is 938. The van der Waals surface area contributed by atoms with Crippen LogP contribution in [0, 0.1) is 0 Å². The highest BCUT2D eigenvalue weighted by Crippen LogP contribution is 2.40. The van der Waals surface area contributed by atoms with Crippen molar-refractivity contribution in [1.29, 1.82) is 0 Å². The van der Waals surface area contributed by atoms with Crippen molar-refractivity contribution in [3.63, 3.8) is 0 Å². The van der Waals surface area contributed by atoms with Crippen molar-refractivity contribution in [3.05, 3.63) is 18.2 Å². The third kappa shape index (κ3) is 5.73. The third-order valence-corrected chi connectivity index (χ3v) is 5.37. The van der Waals surface area contributed by atoms with E-state index >= 15 is 0 Å². The van der Waals surface area contributed by atoms with Gasteiger partial charge in [0.1, 0.15) is 16.5 Å².